The first kappa shape index (κ1) is 21.6. The summed E-state index contributed by atoms with van der Waals surface area (Å²) in [6.45, 7) is 0.0846. The lowest BCUT2D eigenvalue weighted by atomic mass is 9.85. The number of benzene rings is 3. The standard InChI is InChI=1S/C25H22N2O4/c1-3-16-31-23-15-14-22(30-2)17-19(23)18-26-27-24(28)25(29,20-10-6-4-7-11-20)21-12-8-5-9-13-21/h1,4-15,17-18,29H,16H2,2H3,(H,27,28). The molecule has 0 fully saturated rings. The molecule has 6 nitrogen and oxygen atoms in total. The minimum absolute atomic E-state index is 0.0846. The number of hydrazone groups is 1. The van der Waals surface area contributed by atoms with Gasteiger partial charge in [-0.2, -0.15) is 5.10 Å². The van der Waals surface area contributed by atoms with Crippen molar-refractivity contribution in [2.75, 3.05) is 13.7 Å². The predicted molar refractivity (Wildman–Crippen MR) is 119 cm³/mol. The molecule has 156 valence electrons. The van der Waals surface area contributed by atoms with Crippen LogP contribution in [0.3, 0.4) is 0 Å². The normalized spacial score (nSPS) is 11.0. The molecule has 0 unspecified atom stereocenters. The molecule has 3 aromatic carbocycles. The Hall–Kier alpha value is -4.08. The lowest BCUT2D eigenvalue weighted by Crippen LogP contribution is -2.43. The van der Waals surface area contributed by atoms with E-state index in [4.69, 9.17) is 15.9 Å². The van der Waals surface area contributed by atoms with Gasteiger partial charge >= 0.3 is 0 Å². The fourth-order valence-electron chi connectivity index (χ4n) is 3.03. The molecular formula is C25H22N2O4. The zero-order valence-electron chi connectivity index (χ0n) is 17.0. The molecule has 0 heterocycles. The average Bonchev–Trinajstić information content (AvgIpc) is 2.83. The zero-order chi connectivity index (χ0) is 22.1. The number of carbonyl (C=O) groups is 1. The summed E-state index contributed by atoms with van der Waals surface area (Å²) in [7, 11) is 1.54. The van der Waals surface area contributed by atoms with Crippen molar-refractivity contribution in [2.24, 2.45) is 5.10 Å². The van der Waals surface area contributed by atoms with E-state index in [1.54, 1.807) is 73.8 Å². The quantitative estimate of drug-likeness (QED) is 0.337. The minimum atomic E-state index is -1.92. The van der Waals surface area contributed by atoms with Crippen molar-refractivity contribution in [3.05, 3.63) is 95.6 Å². The molecule has 3 rings (SSSR count). The van der Waals surface area contributed by atoms with Gasteiger partial charge in [0.05, 0.1) is 13.3 Å². The monoisotopic (exact) mass is 414 g/mol. The van der Waals surface area contributed by atoms with Crippen molar-refractivity contribution in [1.29, 1.82) is 0 Å². The first-order valence-corrected chi connectivity index (χ1v) is 9.51. The number of rotatable bonds is 8. The summed E-state index contributed by atoms with van der Waals surface area (Å²) in [5, 5.41) is 15.5. The van der Waals surface area contributed by atoms with E-state index in [1.165, 1.54) is 6.21 Å². The summed E-state index contributed by atoms with van der Waals surface area (Å²) in [6, 6.07) is 22.5. The summed E-state index contributed by atoms with van der Waals surface area (Å²) in [5.41, 5.74) is 1.92. The second-order valence-electron chi connectivity index (χ2n) is 6.54. The fourth-order valence-corrected chi connectivity index (χ4v) is 3.03. The van der Waals surface area contributed by atoms with Crippen LogP contribution in [0.4, 0.5) is 0 Å². The van der Waals surface area contributed by atoms with Gasteiger partial charge in [-0.25, -0.2) is 5.43 Å². The molecule has 31 heavy (non-hydrogen) atoms. The van der Waals surface area contributed by atoms with E-state index in [9.17, 15) is 9.90 Å². The molecule has 0 aliphatic rings. The maximum Gasteiger partial charge on any atom is 0.281 e. The van der Waals surface area contributed by atoms with E-state index in [-0.39, 0.29) is 6.61 Å². The van der Waals surface area contributed by atoms with Crippen LogP contribution in [-0.2, 0) is 10.4 Å². The number of methoxy groups -OCH3 is 1. The van der Waals surface area contributed by atoms with Gasteiger partial charge in [0.1, 0.15) is 18.1 Å². The predicted octanol–water partition coefficient (Wildman–Crippen LogP) is 3.09. The van der Waals surface area contributed by atoms with Crippen LogP contribution < -0.4 is 14.9 Å². The van der Waals surface area contributed by atoms with Crippen LogP contribution in [0.25, 0.3) is 0 Å². The van der Waals surface area contributed by atoms with Gasteiger partial charge in [-0.1, -0.05) is 66.6 Å². The lowest BCUT2D eigenvalue weighted by Gasteiger charge is -2.27. The molecule has 0 atom stereocenters. The Labute approximate surface area is 181 Å². The van der Waals surface area contributed by atoms with Gasteiger partial charge in [-0.15, -0.1) is 6.42 Å². The lowest BCUT2D eigenvalue weighted by molar-refractivity contribution is -0.136. The number of hydrogen-bond donors (Lipinski definition) is 2. The maximum absolute atomic E-state index is 13.1. The second-order valence-corrected chi connectivity index (χ2v) is 6.54. The SMILES string of the molecule is C#CCOc1ccc(OC)cc1C=NNC(=O)C(O)(c1ccccc1)c1ccccc1. The van der Waals surface area contributed by atoms with Crippen molar-refractivity contribution in [1.82, 2.24) is 5.43 Å². The highest BCUT2D eigenvalue weighted by Gasteiger charge is 2.39. The molecule has 3 aromatic rings. The highest BCUT2D eigenvalue weighted by molar-refractivity contribution is 5.91. The number of amides is 1. The minimum Gasteiger partial charge on any atom is -0.497 e. The van der Waals surface area contributed by atoms with Crippen LogP contribution in [0.15, 0.2) is 84.0 Å². The van der Waals surface area contributed by atoms with Crippen LogP contribution >= 0.6 is 0 Å². The number of hydrogen-bond acceptors (Lipinski definition) is 5. The van der Waals surface area contributed by atoms with Crippen molar-refractivity contribution < 1.29 is 19.4 Å². The Morgan fingerprint density at radius 3 is 2.26 bits per heavy atom. The fraction of sp³-hybridized carbons (Fsp3) is 0.120. The first-order valence-electron chi connectivity index (χ1n) is 9.51. The average molecular weight is 414 g/mol. The molecule has 0 spiro atoms. The first-order chi connectivity index (χ1) is 15.1. The molecule has 2 N–H and O–H groups in total. The van der Waals surface area contributed by atoms with Gasteiger partial charge < -0.3 is 14.6 Å². The van der Waals surface area contributed by atoms with Crippen LogP contribution in [0, 0.1) is 12.3 Å². The largest absolute Gasteiger partial charge is 0.497 e. The van der Waals surface area contributed by atoms with E-state index in [1.807, 2.05) is 12.1 Å². The summed E-state index contributed by atoms with van der Waals surface area (Å²) >= 11 is 0. The zero-order valence-corrected chi connectivity index (χ0v) is 17.0. The Balaban J connectivity index is 1.89. The number of terminal acetylenes is 1. The van der Waals surface area contributed by atoms with Crippen LogP contribution in [0.1, 0.15) is 16.7 Å². The van der Waals surface area contributed by atoms with Crippen LogP contribution in [-0.4, -0.2) is 30.9 Å². The topological polar surface area (TPSA) is 80.2 Å². The molecule has 0 aliphatic carbocycles. The number of carbonyl (C=O) groups excluding carboxylic acids is 1. The Kier molecular flexibility index (Phi) is 7.05. The molecule has 0 aliphatic heterocycles. The molecule has 0 aromatic heterocycles. The Morgan fingerprint density at radius 2 is 1.71 bits per heavy atom. The van der Waals surface area contributed by atoms with Crippen LogP contribution in [0.5, 0.6) is 11.5 Å². The van der Waals surface area contributed by atoms with E-state index in [0.717, 1.165) is 0 Å². The number of nitrogens with zero attached hydrogens (tertiary/aromatic N) is 1. The van der Waals surface area contributed by atoms with Gasteiger partial charge in [0.15, 0.2) is 5.60 Å². The van der Waals surface area contributed by atoms with E-state index in [2.05, 4.69) is 16.4 Å². The van der Waals surface area contributed by atoms with Gasteiger partial charge in [0.2, 0.25) is 0 Å². The van der Waals surface area contributed by atoms with Crippen molar-refractivity contribution >= 4 is 12.1 Å². The van der Waals surface area contributed by atoms with Crippen molar-refractivity contribution in [3.63, 3.8) is 0 Å². The Morgan fingerprint density at radius 1 is 1.10 bits per heavy atom. The molecule has 1 amide bonds. The maximum atomic E-state index is 13.1. The molecule has 0 saturated heterocycles. The summed E-state index contributed by atoms with van der Waals surface area (Å²) in [6.07, 6.45) is 6.67. The van der Waals surface area contributed by atoms with Crippen molar-refractivity contribution in [3.8, 4) is 23.8 Å². The number of nitrogens with one attached hydrogen (secondary N) is 1. The molecule has 6 heteroatoms. The van der Waals surface area contributed by atoms with Gasteiger partial charge in [-0.3, -0.25) is 4.79 Å². The van der Waals surface area contributed by atoms with Crippen LogP contribution in [0.2, 0.25) is 0 Å². The number of aliphatic hydroxyl groups is 1. The second kappa shape index (κ2) is 10.1. The summed E-state index contributed by atoms with van der Waals surface area (Å²) < 4.78 is 10.7. The molecule has 0 bridgehead atoms. The highest BCUT2D eigenvalue weighted by atomic mass is 16.5. The molecule has 0 saturated carbocycles. The van der Waals surface area contributed by atoms with Gasteiger partial charge in [0.25, 0.3) is 5.91 Å². The molecular weight excluding hydrogens is 392 g/mol. The number of ether oxygens (including phenoxy) is 2. The van der Waals surface area contributed by atoms with E-state index in [0.29, 0.717) is 28.2 Å². The van der Waals surface area contributed by atoms with Gasteiger partial charge in [-0.05, 0) is 29.3 Å². The third-order valence-electron chi connectivity index (χ3n) is 4.61. The molecule has 0 radical (unpaired) electrons. The Bertz CT molecular complexity index is 1050. The van der Waals surface area contributed by atoms with E-state index < -0.39 is 11.5 Å². The van der Waals surface area contributed by atoms with Gasteiger partial charge in [0, 0.05) is 5.56 Å². The van der Waals surface area contributed by atoms with E-state index >= 15 is 0 Å². The smallest absolute Gasteiger partial charge is 0.281 e. The third-order valence-corrected chi connectivity index (χ3v) is 4.61. The highest BCUT2D eigenvalue weighted by Crippen LogP contribution is 2.30. The summed E-state index contributed by atoms with van der Waals surface area (Å²) in [4.78, 5) is 13.1. The van der Waals surface area contributed by atoms with Crippen molar-refractivity contribution in [2.45, 2.75) is 5.60 Å². The third kappa shape index (κ3) is 4.92. The summed E-state index contributed by atoms with van der Waals surface area (Å²) in [5.74, 6) is 2.78.